The third kappa shape index (κ3) is 5.09. The number of aromatic amines is 2. The molecule has 8 nitrogen and oxygen atoms in total. The minimum absolute atomic E-state index is 0.424. The zero-order valence-electron chi connectivity index (χ0n) is 23.4. The molecule has 2 aliphatic rings. The molecule has 47 heavy (non-hydrogen) atoms. The molecule has 0 amide bonds. The monoisotopic (exact) mass is 962 g/mol. The van der Waals surface area contributed by atoms with Crippen molar-refractivity contribution in [3.8, 4) is 45.6 Å². The van der Waals surface area contributed by atoms with Crippen LogP contribution in [0.15, 0.2) is 91.0 Å². The van der Waals surface area contributed by atoms with Crippen LogP contribution < -0.4 is 4.46 Å². The first-order chi connectivity index (χ1) is 22.1. The molecule has 2 N–H and O–H groups in total. The summed E-state index contributed by atoms with van der Waals surface area (Å²) in [5.41, 5.74) is 5.52. The third-order valence-electron chi connectivity index (χ3n) is 7.87. The normalized spacial score (nSPS) is 15.0. The molecule has 2 aliphatic heterocycles. The molecule has 0 aliphatic carbocycles. The summed E-state index contributed by atoms with van der Waals surface area (Å²) in [5.74, 6) is 1.97. The van der Waals surface area contributed by atoms with Gasteiger partial charge in [-0.3, -0.25) is 0 Å². The van der Waals surface area contributed by atoms with Crippen LogP contribution in [0.4, 0.5) is 0 Å². The van der Waals surface area contributed by atoms with E-state index in [9.17, 15) is 0 Å². The van der Waals surface area contributed by atoms with E-state index in [1.807, 2.05) is 84.9 Å². The quantitative estimate of drug-likeness (QED) is 0.159. The zero-order chi connectivity index (χ0) is 32.5. The van der Waals surface area contributed by atoms with Crippen LogP contribution in [0.3, 0.4) is 0 Å². The molecule has 0 spiro atoms. The number of rotatable bonds is 1. The maximum absolute atomic E-state index is 7.27. The summed E-state index contributed by atoms with van der Waals surface area (Å²) in [4.78, 5) is 37.0. The number of fused-ring (bicyclic) bond motifs is 20. The second-order valence-electron chi connectivity index (χ2n) is 10.9. The van der Waals surface area contributed by atoms with Gasteiger partial charge in [-0.1, -0.05) is 6.07 Å². The fourth-order valence-corrected chi connectivity index (χ4v) is 11.2. The molecule has 0 saturated carbocycles. The van der Waals surface area contributed by atoms with Crippen molar-refractivity contribution < 1.29 is 0.622 Å². The first-order valence-electron chi connectivity index (χ1n) is 13.7. The number of H-pyrrole nitrogens is 2. The molecule has 5 heterocycles. The minimum atomic E-state index is -5.14. The Kier molecular flexibility index (Phi) is 5.86. The first-order valence-corrected chi connectivity index (χ1v) is 26.1. The number of nitrogens with zero attached hydrogens (tertiary/aromatic N) is 6. The van der Waals surface area contributed by atoms with Crippen molar-refractivity contribution in [2.75, 3.05) is 0 Å². The molecule has 9 rings (SSSR count). The predicted octanol–water partition coefficient (Wildman–Crippen LogP) is 10.8. The van der Waals surface area contributed by atoms with Gasteiger partial charge in [0.05, 0.1) is 0 Å². The van der Waals surface area contributed by atoms with Crippen LogP contribution in [0.1, 0.15) is 0 Å². The van der Waals surface area contributed by atoms with Crippen LogP contribution in [-0.4, -0.2) is 39.9 Å². The van der Waals surface area contributed by atoms with E-state index in [1.165, 1.54) is 0 Å². The van der Waals surface area contributed by atoms with Crippen LogP contribution in [0.2, 0.25) is 0 Å². The molecule has 0 fully saturated rings. The summed E-state index contributed by atoms with van der Waals surface area (Å²) in [7, 11) is 14.5. The molecule has 15 heteroatoms. The van der Waals surface area contributed by atoms with E-state index in [0.29, 0.717) is 61.1 Å². The SMILES string of the molecule is [Cl][Cu]([Cl])([Br])([Br])([Br])([Br])[c]1cccc2c3nc4nc(nc5[nH]c(nc6nc(nc([nH]3)c12)-c1ccccc1-6)c1ccccc51)-c1ccccc1-4. The average Bonchev–Trinajstić information content (AvgIpc) is 3.75. The van der Waals surface area contributed by atoms with Crippen molar-refractivity contribution in [1.29, 1.82) is 0 Å². The predicted molar refractivity (Wildman–Crippen MR) is 203 cm³/mol. The van der Waals surface area contributed by atoms with E-state index in [0.717, 1.165) is 33.0 Å². The Morgan fingerprint density at radius 3 is 1.23 bits per heavy atom. The average molecular weight is 968 g/mol. The van der Waals surface area contributed by atoms with Gasteiger partial charge in [0.25, 0.3) is 0 Å². The van der Waals surface area contributed by atoms with Crippen LogP contribution in [0.25, 0.3) is 89.7 Å². The fourth-order valence-electron chi connectivity index (χ4n) is 5.91. The van der Waals surface area contributed by atoms with Crippen molar-refractivity contribution in [2.45, 2.75) is 0 Å². The number of benzene rings is 4. The summed E-state index contributed by atoms with van der Waals surface area (Å²) < 4.78 is -4.71. The van der Waals surface area contributed by atoms with Gasteiger partial charge in [0.2, 0.25) is 0 Å². The molecule has 0 saturated heterocycles. The van der Waals surface area contributed by atoms with Gasteiger partial charge in [-0.25, -0.2) is 0 Å². The Balaban J connectivity index is 1.54. The molecule has 0 unspecified atom stereocenters. The van der Waals surface area contributed by atoms with Crippen LogP contribution in [-0.2, 0) is 0.622 Å². The van der Waals surface area contributed by atoms with E-state index < -0.39 is 0.622 Å². The van der Waals surface area contributed by atoms with E-state index in [4.69, 9.17) is 50.1 Å². The summed E-state index contributed by atoms with van der Waals surface area (Å²) in [6, 6.07) is 29.2. The Bertz CT molecular complexity index is 2730. The van der Waals surface area contributed by atoms with Crippen molar-refractivity contribution in [3.05, 3.63) is 91.0 Å². The van der Waals surface area contributed by atoms with Gasteiger partial charge < -0.3 is 0 Å². The summed E-state index contributed by atoms with van der Waals surface area (Å²) in [5, 5.41) is 3.10. The zero-order valence-corrected chi connectivity index (χ0v) is 32.2. The summed E-state index contributed by atoms with van der Waals surface area (Å²) in [6.07, 6.45) is 0. The molecule has 0 radical (unpaired) electrons. The van der Waals surface area contributed by atoms with E-state index in [1.54, 1.807) is 6.07 Å². The van der Waals surface area contributed by atoms with Gasteiger partial charge in [0.15, 0.2) is 0 Å². The maximum atomic E-state index is 7.27. The summed E-state index contributed by atoms with van der Waals surface area (Å²) in [6.45, 7) is 0. The number of halogens is 6. The third-order valence-corrected chi connectivity index (χ3v) is 14.7. The molecular weight excluding hydrogens is 950 g/mol. The molecule has 8 bridgehead atoms. The number of aromatic nitrogens is 8. The standard InChI is InChI=1S/C32H17N8.4BrH.2ClH.Cu/c1-2-10-18-17(9-1)25-33-26(18)38-28-21-13-5-6-14-22(21)30(35-28)40-32-24-16-8-7-15-23(24)31(36-32)39-29-20-12-4-3-11-19(20)27(34-29)37-25;;;;;;;/h1-15H,(H2,33,34,35,36,37,38,39,40);6*1H;/q;;;;;;;+6/p-6. The Morgan fingerprint density at radius 2 is 0.787 bits per heavy atom. The molecule has 3 aromatic heterocycles. The van der Waals surface area contributed by atoms with Crippen molar-refractivity contribution in [2.24, 2.45) is 0 Å². The van der Waals surface area contributed by atoms with Gasteiger partial charge in [0.1, 0.15) is 0 Å². The van der Waals surface area contributed by atoms with Gasteiger partial charge in [-0.2, -0.15) is 0 Å². The van der Waals surface area contributed by atoms with Crippen LogP contribution >= 0.6 is 76.6 Å². The van der Waals surface area contributed by atoms with Crippen molar-refractivity contribution >= 4 is 125 Å². The molecule has 238 valence electrons. The second-order valence-corrected chi connectivity index (χ2v) is 69.2. The molecular formula is C32H17Br4Cl2CuN8. The molecule has 7 aromatic rings. The van der Waals surface area contributed by atoms with E-state index >= 15 is 0 Å². The Morgan fingerprint density at radius 1 is 0.426 bits per heavy atom. The number of hydrogen-bond donors (Lipinski definition) is 2. The van der Waals surface area contributed by atoms with Gasteiger partial charge in [-0.15, -0.1) is 0 Å². The van der Waals surface area contributed by atoms with E-state index in [-0.39, 0.29) is 0 Å². The van der Waals surface area contributed by atoms with Gasteiger partial charge in [0, 0.05) is 0 Å². The van der Waals surface area contributed by atoms with Crippen molar-refractivity contribution in [1.82, 2.24) is 39.9 Å². The molecule has 4 aromatic carbocycles. The van der Waals surface area contributed by atoms with Crippen molar-refractivity contribution in [3.63, 3.8) is 0 Å². The Labute approximate surface area is 299 Å². The Hall–Kier alpha value is -2.74. The van der Waals surface area contributed by atoms with Crippen LogP contribution in [0.5, 0.6) is 0 Å². The van der Waals surface area contributed by atoms with Crippen LogP contribution in [0, 0.1) is 0 Å². The number of hydrogen-bond acceptors (Lipinski definition) is 6. The first kappa shape index (κ1) is 30.3. The van der Waals surface area contributed by atoms with Gasteiger partial charge >= 0.3 is 296 Å². The topological polar surface area (TPSA) is 109 Å². The number of nitrogens with one attached hydrogen (secondary N) is 2. The fraction of sp³-hybridized carbons (Fsp3) is 0. The van der Waals surface area contributed by atoms with E-state index in [2.05, 4.69) is 66.4 Å². The summed E-state index contributed by atoms with van der Waals surface area (Å²) >= 11 is 14.4. The molecule has 0 atom stereocenters. The van der Waals surface area contributed by atoms with Gasteiger partial charge in [-0.05, 0) is 0 Å². The second kappa shape index (κ2) is 9.08.